The van der Waals surface area contributed by atoms with Crippen molar-refractivity contribution >= 4 is 23.0 Å². The Kier molecular flexibility index (Phi) is 3.29. The number of halogens is 1. The van der Waals surface area contributed by atoms with Crippen LogP contribution in [0.3, 0.4) is 0 Å². The molecule has 1 atom stereocenters. The zero-order valence-corrected chi connectivity index (χ0v) is 10.6. The van der Waals surface area contributed by atoms with E-state index in [9.17, 15) is 0 Å². The second-order valence-corrected chi connectivity index (χ2v) is 5.32. The number of benzene rings is 1. The van der Waals surface area contributed by atoms with Crippen molar-refractivity contribution in [1.29, 1.82) is 0 Å². The summed E-state index contributed by atoms with van der Waals surface area (Å²) in [6, 6.07) is 4.36. The molecule has 16 heavy (non-hydrogen) atoms. The van der Waals surface area contributed by atoms with Gasteiger partial charge in [0.2, 0.25) is 0 Å². The van der Waals surface area contributed by atoms with Gasteiger partial charge in [0.15, 0.2) is 0 Å². The topological polar surface area (TPSA) is 38.0 Å². The minimum Gasteiger partial charge on any atom is -0.398 e. The summed E-state index contributed by atoms with van der Waals surface area (Å²) in [5.74, 6) is 0.937. The Morgan fingerprint density at radius 2 is 2.19 bits per heavy atom. The number of rotatable bonds is 4. The lowest BCUT2D eigenvalue weighted by Crippen LogP contribution is -2.16. The molecule has 1 saturated carbocycles. The van der Waals surface area contributed by atoms with Crippen LogP contribution in [-0.2, 0) is 0 Å². The third kappa shape index (κ3) is 2.82. The molecular weight excluding hydrogens is 220 g/mol. The third-order valence-corrected chi connectivity index (χ3v) is 3.46. The van der Waals surface area contributed by atoms with E-state index in [0.717, 1.165) is 17.2 Å². The first kappa shape index (κ1) is 11.6. The molecule has 1 unspecified atom stereocenters. The normalized spacial score (nSPS) is 17.2. The maximum Gasteiger partial charge on any atom is 0.0656 e. The molecule has 0 radical (unpaired) electrons. The van der Waals surface area contributed by atoms with Crippen LogP contribution in [0.4, 0.5) is 11.4 Å². The summed E-state index contributed by atoms with van der Waals surface area (Å²) in [4.78, 5) is 0. The van der Waals surface area contributed by atoms with Gasteiger partial charge in [-0.25, -0.2) is 0 Å². The van der Waals surface area contributed by atoms with Crippen LogP contribution in [0, 0.1) is 12.8 Å². The lowest BCUT2D eigenvalue weighted by Gasteiger charge is -2.17. The summed E-state index contributed by atoms with van der Waals surface area (Å²) >= 11 is 6.02. The molecule has 0 aromatic heterocycles. The molecule has 1 aliphatic rings. The number of hydrogen-bond acceptors (Lipinski definition) is 2. The maximum atomic E-state index is 6.02. The number of anilines is 2. The molecule has 3 heteroatoms. The highest BCUT2D eigenvalue weighted by Crippen LogP contribution is 2.34. The van der Waals surface area contributed by atoms with Gasteiger partial charge in [0.25, 0.3) is 0 Å². The summed E-state index contributed by atoms with van der Waals surface area (Å²) in [5, 5.41) is 4.14. The number of nitrogens with two attached hydrogens (primary N) is 1. The predicted molar refractivity (Wildman–Crippen MR) is 71.0 cm³/mol. The lowest BCUT2D eigenvalue weighted by atomic mass is 10.1. The smallest absolute Gasteiger partial charge is 0.0656 e. The molecule has 0 spiro atoms. The number of nitrogens with one attached hydrogen (secondary N) is 1. The molecule has 1 aromatic carbocycles. The summed E-state index contributed by atoms with van der Waals surface area (Å²) < 4.78 is 0. The summed E-state index contributed by atoms with van der Waals surface area (Å²) in [7, 11) is 0. The van der Waals surface area contributed by atoms with Gasteiger partial charge in [-0.3, -0.25) is 0 Å². The van der Waals surface area contributed by atoms with E-state index in [1.54, 1.807) is 0 Å². The van der Waals surface area contributed by atoms with Crippen molar-refractivity contribution < 1.29 is 0 Å². The van der Waals surface area contributed by atoms with Crippen LogP contribution in [0.5, 0.6) is 0 Å². The van der Waals surface area contributed by atoms with Crippen molar-refractivity contribution in [2.24, 2.45) is 5.92 Å². The van der Waals surface area contributed by atoms with E-state index in [4.69, 9.17) is 17.3 Å². The van der Waals surface area contributed by atoms with Crippen LogP contribution in [0.25, 0.3) is 0 Å². The summed E-state index contributed by atoms with van der Waals surface area (Å²) in [6.45, 7) is 4.28. The Labute approximate surface area is 102 Å². The highest BCUT2D eigenvalue weighted by atomic mass is 35.5. The average Bonchev–Trinajstić information content (AvgIpc) is 2.98. The number of nitrogen functional groups attached to an aromatic ring is 1. The van der Waals surface area contributed by atoms with Gasteiger partial charge < -0.3 is 11.1 Å². The fraction of sp³-hybridized carbons (Fsp3) is 0.538. The summed E-state index contributed by atoms with van der Waals surface area (Å²) in [6.07, 6.45) is 4.04. The molecular formula is C13H19ClN2. The van der Waals surface area contributed by atoms with Crippen molar-refractivity contribution in [2.45, 2.75) is 39.2 Å². The molecule has 1 fully saturated rings. The van der Waals surface area contributed by atoms with Gasteiger partial charge in [-0.2, -0.15) is 0 Å². The molecule has 2 rings (SSSR count). The first-order valence-electron chi connectivity index (χ1n) is 5.88. The lowest BCUT2D eigenvalue weighted by molar-refractivity contribution is 0.642. The van der Waals surface area contributed by atoms with E-state index in [2.05, 4.69) is 19.2 Å². The van der Waals surface area contributed by atoms with Crippen LogP contribution in [0.2, 0.25) is 5.02 Å². The highest BCUT2D eigenvalue weighted by molar-refractivity contribution is 6.33. The molecule has 1 aromatic rings. The zero-order valence-electron chi connectivity index (χ0n) is 9.89. The Morgan fingerprint density at radius 1 is 1.50 bits per heavy atom. The first-order chi connectivity index (χ1) is 7.56. The second kappa shape index (κ2) is 4.54. The van der Waals surface area contributed by atoms with E-state index >= 15 is 0 Å². The standard InChI is InChI=1S/C13H19ClN2/c1-8-5-12(15)11(14)7-13(8)16-9(2)6-10-3-4-10/h5,7,9-10,16H,3-4,6,15H2,1-2H3. The van der Waals surface area contributed by atoms with Crippen molar-refractivity contribution in [3.8, 4) is 0 Å². The van der Waals surface area contributed by atoms with Crippen LogP contribution in [0.15, 0.2) is 12.1 Å². The first-order valence-corrected chi connectivity index (χ1v) is 6.26. The third-order valence-electron chi connectivity index (χ3n) is 3.13. The molecule has 3 N–H and O–H groups in total. The Morgan fingerprint density at radius 3 is 2.81 bits per heavy atom. The fourth-order valence-electron chi connectivity index (χ4n) is 2.04. The van der Waals surface area contributed by atoms with Gasteiger partial charge in [0.1, 0.15) is 0 Å². The molecule has 2 nitrogen and oxygen atoms in total. The highest BCUT2D eigenvalue weighted by Gasteiger charge is 2.23. The van der Waals surface area contributed by atoms with E-state index in [1.165, 1.54) is 19.3 Å². The zero-order chi connectivity index (χ0) is 11.7. The van der Waals surface area contributed by atoms with Gasteiger partial charge in [-0.05, 0) is 43.9 Å². The Bertz CT molecular complexity index is 386. The molecule has 0 aliphatic heterocycles. The van der Waals surface area contributed by atoms with Crippen molar-refractivity contribution in [2.75, 3.05) is 11.1 Å². The molecule has 1 aliphatic carbocycles. The minimum atomic E-state index is 0.505. The van der Waals surface area contributed by atoms with Crippen LogP contribution in [-0.4, -0.2) is 6.04 Å². The largest absolute Gasteiger partial charge is 0.398 e. The van der Waals surface area contributed by atoms with E-state index in [0.29, 0.717) is 16.8 Å². The van der Waals surface area contributed by atoms with Crippen LogP contribution in [0.1, 0.15) is 31.7 Å². The van der Waals surface area contributed by atoms with Crippen molar-refractivity contribution in [3.05, 3.63) is 22.7 Å². The predicted octanol–water partition coefficient (Wildman–Crippen LogP) is 3.83. The van der Waals surface area contributed by atoms with Crippen LogP contribution < -0.4 is 11.1 Å². The van der Waals surface area contributed by atoms with Gasteiger partial charge in [0.05, 0.1) is 10.7 Å². The van der Waals surface area contributed by atoms with Crippen LogP contribution >= 0.6 is 11.6 Å². The molecule has 0 saturated heterocycles. The minimum absolute atomic E-state index is 0.505. The van der Waals surface area contributed by atoms with E-state index in [-0.39, 0.29) is 0 Å². The molecule has 0 heterocycles. The fourth-order valence-corrected chi connectivity index (χ4v) is 2.20. The molecule has 88 valence electrons. The Balaban J connectivity index is 2.04. The molecule has 0 bridgehead atoms. The second-order valence-electron chi connectivity index (χ2n) is 4.91. The van der Waals surface area contributed by atoms with Crippen molar-refractivity contribution in [1.82, 2.24) is 0 Å². The molecule has 0 amide bonds. The maximum absolute atomic E-state index is 6.02. The van der Waals surface area contributed by atoms with Gasteiger partial charge in [0, 0.05) is 11.7 Å². The van der Waals surface area contributed by atoms with E-state index in [1.807, 2.05) is 12.1 Å². The van der Waals surface area contributed by atoms with Gasteiger partial charge >= 0.3 is 0 Å². The van der Waals surface area contributed by atoms with E-state index < -0.39 is 0 Å². The average molecular weight is 239 g/mol. The summed E-state index contributed by atoms with van der Waals surface area (Å²) in [5.41, 5.74) is 8.66. The quantitative estimate of drug-likeness (QED) is 0.783. The van der Waals surface area contributed by atoms with Gasteiger partial charge in [-0.1, -0.05) is 24.4 Å². The monoisotopic (exact) mass is 238 g/mol. The van der Waals surface area contributed by atoms with Crippen molar-refractivity contribution in [3.63, 3.8) is 0 Å². The SMILES string of the molecule is Cc1cc(N)c(Cl)cc1NC(C)CC1CC1. The Hall–Kier alpha value is -0.890. The number of hydrogen-bond donors (Lipinski definition) is 2. The van der Waals surface area contributed by atoms with Gasteiger partial charge in [-0.15, -0.1) is 0 Å². The number of aryl methyl sites for hydroxylation is 1.